The minimum atomic E-state index is -1.20. The van der Waals surface area contributed by atoms with Crippen LogP contribution in [0.5, 0.6) is 0 Å². The molecule has 1 N–H and O–H groups in total. The predicted octanol–water partition coefficient (Wildman–Crippen LogP) is 4.17. The molecule has 3 aromatic rings. The number of ether oxygens (including phenoxy) is 1. The number of morpholine rings is 1. The van der Waals surface area contributed by atoms with E-state index in [9.17, 15) is 14.5 Å². The smallest absolute Gasteiger partial charge is 0.311 e. The molecule has 0 amide bonds. The lowest BCUT2D eigenvalue weighted by Gasteiger charge is -2.32. The van der Waals surface area contributed by atoms with Gasteiger partial charge in [0.2, 0.25) is 5.82 Å². The summed E-state index contributed by atoms with van der Waals surface area (Å²) in [6, 6.07) is 10.0. The first-order valence-corrected chi connectivity index (χ1v) is 9.98. The van der Waals surface area contributed by atoms with Crippen LogP contribution in [0, 0.1) is 10.1 Å². The molecule has 1 aliphatic rings. The Balaban J connectivity index is 1.62. The number of pyridine rings is 1. The maximum Gasteiger partial charge on any atom is 0.311 e. The third-order valence-corrected chi connectivity index (χ3v) is 5.02. The minimum Gasteiger partial charge on any atom is -0.375 e. The van der Waals surface area contributed by atoms with Crippen molar-refractivity contribution in [3.8, 4) is 5.82 Å². The van der Waals surface area contributed by atoms with Crippen LogP contribution in [0.3, 0.4) is 0 Å². The number of alkyl halides is 1. The molecule has 4 rings (SSSR count). The van der Waals surface area contributed by atoms with Gasteiger partial charge in [0.25, 0.3) is 0 Å². The number of nitrogens with zero attached hydrogens (tertiary/aromatic N) is 5. The Kier molecular flexibility index (Phi) is 5.81. The number of aromatic nitrogens is 3. The molecule has 1 fully saturated rings. The molecule has 1 saturated heterocycles. The van der Waals surface area contributed by atoms with E-state index in [1.807, 2.05) is 18.4 Å². The van der Waals surface area contributed by atoms with Gasteiger partial charge in [0, 0.05) is 42.3 Å². The van der Waals surface area contributed by atoms with Crippen LogP contribution in [-0.2, 0) is 4.74 Å². The standard InChI is InChI=1S/C21H23FN6O3/c1-14(2)21-23-9-10-27(21)19-8-7-17(28(29)30)20(25-19)24-15-3-5-16(6-4-15)26-11-12-31-13-18(26)22/h3-10,14,18H,11-13H2,1-2H3,(H,24,25). The van der Waals surface area contributed by atoms with Gasteiger partial charge in [-0.1, -0.05) is 13.8 Å². The van der Waals surface area contributed by atoms with E-state index in [1.165, 1.54) is 6.07 Å². The second kappa shape index (κ2) is 8.68. The van der Waals surface area contributed by atoms with Crippen LogP contribution in [0.15, 0.2) is 48.8 Å². The molecule has 1 aromatic carbocycles. The monoisotopic (exact) mass is 426 g/mol. The summed E-state index contributed by atoms with van der Waals surface area (Å²) in [5.41, 5.74) is 1.18. The Morgan fingerprint density at radius 3 is 2.71 bits per heavy atom. The highest BCUT2D eigenvalue weighted by molar-refractivity contribution is 5.68. The number of benzene rings is 1. The van der Waals surface area contributed by atoms with Gasteiger partial charge in [0.1, 0.15) is 11.6 Å². The van der Waals surface area contributed by atoms with Crippen molar-refractivity contribution in [2.75, 3.05) is 30.0 Å². The number of hydrogen-bond donors (Lipinski definition) is 1. The van der Waals surface area contributed by atoms with Gasteiger partial charge < -0.3 is 15.0 Å². The summed E-state index contributed by atoms with van der Waals surface area (Å²) in [6.45, 7) is 5.00. The zero-order chi connectivity index (χ0) is 22.0. The van der Waals surface area contributed by atoms with Gasteiger partial charge in [-0.3, -0.25) is 14.7 Å². The highest BCUT2D eigenvalue weighted by Gasteiger charge is 2.23. The van der Waals surface area contributed by atoms with Crippen LogP contribution in [0.25, 0.3) is 5.82 Å². The normalized spacial score (nSPS) is 16.5. The van der Waals surface area contributed by atoms with Crippen molar-refractivity contribution < 1.29 is 14.1 Å². The van der Waals surface area contributed by atoms with Crippen molar-refractivity contribution >= 4 is 22.9 Å². The van der Waals surface area contributed by atoms with E-state index < -0.39 is 11.2 Å². The second-order valence-corrected chi connectivity index (χ2v) is 7.48. The number of hydrogen-bond acceptors (Lipinski definition) is 7. The van der Waals surface area contributed by atoms with Crippen molar-refractivity contribution in [3.63, 3.8) is 0 Å². The van der Waals surface area contributed by atoms with Crippen molar-refractivity contribution in [2.45, 2.75) is 26.1 Å². The summed E-state index contributed by atoms with van der Waals surface area (Å²) >= 11 is 0. The minimum absolute atomic E-state index is 0.0372. The fraction of sp³-hybridized carbons (Fsp3) is 0.333. The molecule has 1 atom stereocenters. The van der Waals surface area contributed by atoms with E-state index in [0.717, 1.165) is 11.5 Å². The third-order valence-electron chi connectivity index (χ3n) is 5.02. The van der Waals surface area contributed by atoms with E-state index in [0.29, 0.717) is 24.7 Å². The lowest BCUT2D eigenvalue weighted by Crippen LogP contribution is -2.42. The number of halogens is 1. The zero-order valence-electron chi connectivity index (χ0n) is 17.2. The number of nitro groups is 1. The highest BCUT2D eigenvalue weighted by atomic mass is 19.1. The van der Waals surface area contributed by atoms with Gasteiger partial charge in [-0.2, -0.15) is 0 Å². The summed E-state index contributed by atoms with van der Waals surface area (Å²) in [5, 5.41) is 14.6. The zero-order valence-corrected chi connectivity index (χ0v) is 17.2. The third kappa shape index (κ3) is 4.33. The van der Waals surface area contributed by atoms with Gasteiger partial charge in [0.15, 0.2) is 6.30 Å². The summed E-state index contributed by atoms with van der Waals surface area (Å²) in [6.07, 6.45) is 2.25. The van der Waals surface area contributed by atoms with Gasteiger partial charge in [-0.15, -0.1) is 0 Å². The molecule has 0 bridgehead atoms. The van der Waals surface area contributed by atoms with E-state index in [2.05, 4.69) is 15.3 Å². The first-order valence-electron chi connectivity index (χ1n) is 9.98. The van der Waals surface area contributed by atoms with E-state index >= 15 is 0 Å². The van der Waals surface area contributed by atoms with Gasteiger partial charge in [-0.05, 0) is 30.3 Å². The fourth-order valence-electron chi connectivity index (χ4n) is 3.49. The molecular formula is C21H23FN6O3. The van der Waals surface area contributed by atoms with Crippen molar-refractivity contribution in [2.24, 2.45) is 0 Å². The molecule has 1 aliphatic heterocycles. The Labute approximate surface area is 178 Å². The number of rotatable bonds is 6. The van der Waals surface area contributed by atoms with Crippen LogP contribution in [0.2, 0.25) is 0 Å². The molecule has 162 valence electrons. The second-order valence-electron chi connectivity index (χ2n) is 7.48. The van der Waals surface area contributed by atoms with Gasteiger partial charge in [0.05, 0.1) is 18.1 Å². The lowest BCUT2D eigenvalue weighted by atomic mass is 10.2. The summed E-state index contributed by atoms with van der Waals surface area (Å²) in [4.78, 5) is 21.5. The Bertz CT molecular complexity index is 1070. The van der Waals surface area contributed by atoms with Gasteiger partial charge in [-0.25, -0.2) is 14.4 Å². The maximum absolute atomic E-state index is 14.1. The van der Waals surface area contributed by atoms with Crippen LogP contribution < -0.4 is 10.2 Å². The SMILES string of the molecule is CC(C)c1nccn1-c1ccc([N+](=O)[O-])c(Nc2ccc(N3CCOCC3F)cc2)n1. The number of nitrogens with one attached hydrogen (secondary N) is 1. The van der Waals surface area contributed by atoms with Crippen LogP contribution in [-0.4, -0.2) is 45.5 Å². The largest absolute Gasteiger partial charge is 0.375 e. The maximum atomic E-state index is 14.1. The first kappa shape index (κ1) is 20.7. The van der Waals surface area contributed by atoms with E-state index in [-0.39, 0.29) is 24.0 Å². The highest BCUT2D eigenvalue weighted by Crippen LogP contribution is 2.29. The molecule has 0 radical (unpaired) electrons. The fourth-order valence-corrected chi connectivity index (χ4v) is 3.49. The lowest BCUT2D eigenvalue weighted by molar-refractivity contribution is -0.384. The topological polar surface area (TPSA) is 98.3 Å². The molecule has 2 aromatic heterocycles. The average Bonchev–Trinajstić information content (AvgIpc) is 3.25. The molecule has 3 heterocycles. The number of anilines is 3. The predicted molar refractivity (Wildman–Crippen MR) is 115 cm³/mol. The van der Waals surface area contributed by atoms with E-state index in [4.69, 9.17) is 4.74 Å². The molecule has 0 saturated carbocycles. The Morgan fingerprint density at radius 1 is 1.26 bits per heavy atom. The van der Waals surface area contributed by atoms with Crippen LogP contribution in [0.1, 0.15) is 25.6 Å². The summed E-state index contributed by atoms with van der Waals surface area (Å²) in [5.74, 6) is 1.62. The quantitative estimate of drug-likeness (QED) is 0.359. The molecule has 9 nitrogen and oxygen atoms in total. The average molecular weight is 426 g/mol. The summed E-state index contributed by atoms with van der Waals surface area (Å²) < 4.78 is 21.0. The van der Waals surface area contributed by atoms with E-state index in [1.54, 1.807) is 47.6 Å². The van der Waals surface area contributed by atoms with Crippen molar-refractivity contribution in [3.05, 3.63) is 64.7 Å². The van der Waals surface area contributed by atoms with Gasteiger partial charge >= 0.3 is 5.69 Å². The molecule has 0 aliphatic carbocycles. The first-order chi connectivity index (χ1) is 14.9. The molecule has 1 unspecified atom stereocenters. The Hall–Kier alpha value is -3.53. The van der Waals surface area contributed by atoms with Crippen LogP contribution in [0.4, 0.5) is 27.3 Å². The van der Waals surface area contributed by atoms with Crippen molar-refractivity contribution in [1.82, 2.24) is 14.5 Å². The molecule has 0 spiro atoms. The molecular weight excluding hydrogens is 403 g/mol. The number of imidazole rings is 1. The summed E-state index contributed by atoms with van der Waals surface area (Å²) in [7, 11) is 0. The van der Waals surface area contributed by atoms with Crippen LogP contribution >= 0.6 is 0 Å². The van der Waals surface area contributed by atoms with Crippen molar-refractivity contribution in [1.29, 1.82) is 0 Å². The molecule has 10 heteroatoms. The molecule has 31 heavy (non-hydrogen) atoms. The Morgan fingerprint density at radius 2 is 2.03 bits per heavy atom.